The lowest BCUT2D eigenvalue weighted by Crippen LogP contribution is -2.62. The molecule has 4 fully saturated rings. The molecule has 0 heterocycles. The van der Waals surface area contributed by atoms with Crippen molar-refractivity contribution in [2.45, 2.75) is 80.0 Å². The molecule has 0 unspecified atom stereocenters. The molecule has 0 radical (unpaired) electrons. The maximum absolute atomic E-state index is 14.1. The van der Waals surface area contributed by atoms with Crippen molar-refractivity contribution in [3.63, 3.8) is 0 Å². The largest absolute Gasteiger partial charge is 0.466 e. The van der Waals surface area contributed by atoms with E-state index in [-0.39, 0.29) is 24.0 Å². The number of ether oxygens (including phenoxy) is 1. The van der Waals surface area contributed by atoms with Crippen molar-refractivity contribution in [3.05, 3.63) is 90.0 Å². The number of hydrogen-bond donors (Lipinski definition) is 1. The highest BCUT2D eigenvalue weighted by atomic mass is 32.2. The number of anilines is 1. The molecule has 3 aromatic carbocycles. The number of benzene rings is 3. The van der Waals surface area contributed by atoms with Gasteiger partial charge in [-0.3, -0.25) is 9.69 Å². The second-order valence-electron chi connectivity index (χ2n) is 12.6. The Morgan fingerprint density at radius 3 is 2.21 bits per heavy atom. The van der Waals surface area contributed by atoms with E-state index < -0.39 is 0 Å². The number of esters is 1. The molecule has 0 aliphatic heterocycles. The van der Waals surface area contributed by atoms with E-state index in [1.807, 2.05) is 42.2 Å². The first-order chi connectivity index (χ1) is 20.5. The molecule has 3 aromatic rings. The Morgan fingerprint density at radius 2 is 1.55 bits per heavy atom. The van der Waals surface area contributed by atoms with Crippen molar-refractivity contribution in [3.8, 4) is 0 Å². The molecule has 220 valence electrons. The summed E-state index contributed by atoms with van der Waals surface area (Å²) < 4.78 is 5.08. The van der Waals surface area contributed by atoms with Gasteiger partial charge in [-0.1, -0.05) is 60.3 Å². The number of aryl methyl sites for hydroxylation is 1. The Kier molecular flexibility index (Phi) is 8.89. The molecule has 0 atom stereocenters. The highest BCUT2D eigenvalue weighted by molar-refractivity contribution is 7.99. The summed E-state index contributed by atoms with van der Waals surface area (Å²) in [7, 11) is 0. The van der Waals surface area contributed by atoms with Gasteiger partial charge in [0.1, 0.15) is 0 Å². The molecule has 1 N–H and O–H groups in total. The minimum absolute atomic E-state index is 0.0266. The lowest BCUT2D eigenvalue weighted by molar-refractivity contribution is -0.142. The third-order valence-corrected chi connectivity index (χ3v) is 10.3. The number of carbonyl (C=O) groups excluding carboxylic acids is 2. The Balaban J connectivity index is 1.17. The maximum Gasteiger partial charge on any atom is 0.322 e. The molecule has 5 nitrogen and oxygen atoms in total. The summed E-state index contributed by atoms with van der Waals surface area (Å²) in [6.45, 7) is 2.89. The van der Waals surface area contributed by atoms with Gasteiger partial charge in [-0.05, 0) is 118 Å². The molecule has 2 amide bonds. The van der Waals surface area contributed by atoms with Crippen molar-refractivity contribution in [2.75, 3.05) is 18.1 Å². The second kappa shape index (κ2) is 12.9. The third-order valence-electron chi connectivity index (χ3n) is 9.29. The number of urea groups is 1. The fraction of sp³-hybridized carbons (Fsp3) is 0.444. The van der Waals surface area contributed by atoms with Gasteiger partial charge in [-0.15, -0.1) is 0 Å². The van der Waals surface area contributed by atoms with Crippen LogP contribution in [0.1, 0.15) is 63.0 Å². The lowest BCUT2D eigenvalue weighted by Gasteiger charge is -2.57. The Labute approximate surface area is 254 Å². The van der Waals surface area contributed by atoms with Crippen molar-refractivity contribution in [1.82, 2.24) is 5.32 Å². The summed E-state index contributed by atoms with van der Waals surface area (Å²) in [6, 6.07) is 27.0. The highest BCUT2D eigenvalue weighted by Gasteiger charge is 2.51. The van der Waals surface area contributed by atoms with Crippen LogP contribution in [0, 0.1) is 17.8 Å². The van der Waals surface area contributed by atoms with Crippen LogP contribution >= 0.6 is 11.8 Å². The second-order valence-corrected chi connectivity index (χ2v) is 13.7. The standard InChI is InChI=1S/C36H42N2O3S/c1-2-41-34(39)21-27-13-15-32(16-14-27)42-33-12-6-11-31(22-33)38(17-7-10-26-8-4-3-5-9-26)35(40)37-36-23-28-18-29(24-36)20-30(19-28)25-36/h3-6,8-9,11-16,22,28-30H,2,7,10,17-21,23-25H2,1H3,(H,37,40). The Morgan fingerprint density at radius 1 is 0.857 bits per heavy atom. The van der Waals surface area contributed by atoms with Crippen molar-refractivity contribution in [2.24, 2.45) is 17.8 Å². The fourth-order valence-corrected chi connectivity index (χ4v) is 8.77. The normalized spacial score (nSPS) is 23.9. The fourth-order valence-electron chi connectivity index (χ4n) is 7.90. The Bertz CT molecular complexity index is 1340. The van der Waals surface area contributed by atoms with Gasteiger partial charge in [0.15, 0.2) is 0 Å². The van der Waals surface area contributed by atoms with E-state index in [0.717, 1.165) is 70.9 Å². The van der Waals surface area contributed by atoms with Crippen molar-refractivity contribution < 1.29 is 14.3 Å². The first-order valence-electron chi connectivity index (χ1n) is 15.6. The van der Waals surface area contributed by atoms with Gasteiger partial charge >= 0.3 is 12.0 Å². The molecule has 4 saturated carbocycles. The summed E-state index contributed by atoms with van der Waals surface area (Å²) in [4.78, 5) is 30.1. The van der Waals surface area contributed by atoms with Crippen LogP contribution in [0.5, 0.6) is 0 Å². The number of nitrogens with zero attached hydrogens (tertiary/aromatic N) is 1. The van der Waals surface area contributed by atoms with E-state index in [9.17, 15) is 9.59 Å². The van der Waals surface area contributed by atoms with Crippen LogP contribution in [-0.4, -0.2) is 30.7 Å². The average molecular weight is 583 g/mol. The number of amides is 2. The van der Waals surface area contributed by atoms with Crippen LogP contribution < -0.4 is 10.2 Å². The average Bonchev–Trinajstić information content (AvgIpc) is 2.96. The zero-order valence-corrected chi connectivity index (χ0v) is 25.4. The van der Waals surface area contributed by atoms with Crippen LogP contribution in [0.15, 0.2) is 88.7 Å². The van der Waals surface area contributed by atoms with Gasteiger partial charge < -0.3 is 10.1 Å². The molecule has 42 heavy (non-hydrogen) atoms. The molecule has 7 rings (SSSR count). The van der Waals surface area contributed by atoms with E-state index in [2.05, 4.69) is 53.8 Å². The van der Waals surface area contributed by atoms with E-state index in [4.69, 9.17) is 4.74 Å². The van der Waals surface area contributed by atoms with Gasteiger partial charge in [0.2, 0.25) is 0 Å². The van der Waals surface area contributed by atoms with Crippen LogP contribution in [0.4, 0.5) is 10.5 Å². The first-order valence-corrected chi connectivity index (χ1v) is 16.4. The van der Waals surface area contributed by atoms with Gasteiger partial charge in [0.25, 0.3) is 0 Å². The quantitative estimate of drug-likeness (QED) is 0.232. The summed E-state index contributed by atoms with van der Waals surface area (Å²) in [5.74, 6) is 2.15. The van der Waals surface area contributed by atoms with Crippen LogP contribution in [0.25, 0.3) is 0 Å². The monoisotopic (exact) mass is 582 g/mol. The third kappa shape index (κ3) is 7.03. The number of rotatable bonds is 11. The highest BCUT2D eigenvalue weighted by Crippen LogP contribution is 2.55. The van der Waals surface area contributed by atoms with E-state index in [0.29, 0.717) is 13.2 Å². The number of hydrogen-bond acceptors (Lipinski definition) is 4. The molecule has 4 bridgehead atoms. The summed E-state index contributed by atoms with van der Waals surface area (Å²) in [6.07, 6.45) is 9.63. The zero-order chi connectivity index (χ0) is 28.9. The molecule has 6 heteroatoms. The zero-order valence-electron chi connectivity index (χ0n) is 24.6. The molecule has 4 aliphatic carbocycles. The Hall–Kier alpha value is -3.25. The molecule has 4 aliphatic rings. The van der Waals surface area contributed by atoms with Gasteiger partial charge in [-0.25, -0.2) is 4.79 Å². The maximum atomic E-state index is 14.1. The van der Waals surface area contributed by atoms with Crippen LogP contribution in [0.2, 0.25) is 0 Å². The predicted molar refractivity (Wildman–Crippen MR) is 169 cm³/mol. The molecular weight excluding hydrogens is 540 g/mol. The predicted octanol–water partition coefficient (Wildman–Crippen LogP) is 8.06. The SMILES string of the molecule is CCOC(=O)Cc1ccc(Sc2cccc(N(CCCc3ccccc3)C(=O)NC34CC5CC(CC(C5)C3)C4)c2)cc1. The van der Waals surface area contributed by atoms with Gasteiger partial charge in [0.05, 0.1) is 13.0 Å². The summed E-state index contributed by atoms with van der Waals surface area (Å²) in [5.41, 5.74) is 3.16. The van der Waals surface area contributed by atoms with Crippen molar-refractivity contribution in [1.29, 1.82) is 0 Å². The minimum atomic E-state index is -0.204. The number of carbonyl (C=O) groups is 2. The van der Waals surface area contributed by atoms with Crippen LogP contribution in [0.3, 0.4) is 0 Å². The molecule has 0 aromatic heterocycles. The summed E-state index contributed by atoms with van der Waals surface area (Å²) >= 11 is 1.67. The molecular formula is C36H42N2O3S. The molecule has 0 saturated heterocycles. The van der Waals surface area contributed by atoms with Gasteiger partial charge in [0, 0.05) is 27.6 Å². The minimum Gasteiger partial charge on any atom is -0.466 e. The van der Waals surface area contributed by atoms with Gasteiger partial charge in [-0.2, -0.15) is 0 Å². The van der Waals surface area contributed by atoms with Crippen molar-refractivity contribution >= 4 is 29.4 Å². The smallest absolute Gasteiger partial charge is 0.322 e. The number of nitrogens with one attached hydrogen (secondary N) is 1. The van der Waals surface area contributed by atoms with E-state index >= 15 is 0 Å². The molecule has 0 spiro atoms. The summed E-state index contributed by atoms with van der Waals surface area (Å²) in [5, 5.41) is 3.61. The van der Waals surface area contributed by atoms with Crippen LogP contribution in [-0.2, 0) is 22.4 Å². The lowest BCUT2D eigenvalue weighted by atomic mass is 9.53. The topological polar surface area (TPSA) is 58.6 Å². The first kappa shape index (κ1) is 28.9. The van der Waals surface area contributed by atoms with E-state index in [1.54, 1.807) is 11.8 Å². The van der Waals surface area contributed by atoms with E-state index in [1.165, 1.54) is 24.8 Å².